The van der Waals surface area contributed by atoms with E-state index >= 15 is 0 Å². The lowest BCUT2D eigenvalue weighted by Gasteiger charge is -2.36. The summed E-state index contributed by atoms with van der Waals surface area (Å²) < 4.78 is 17.4. The third-order valence-electron chi connectivity index (χ3n) is 10.4. The minimum atomic E-state index is -1.78. The number of phenols is 1. The molecule has 3 aliphatic heterocycles. The van der Waals surface area contributed by atoms with E-state index in [9.17, 15) is 49.8 Å². The first kappa shape index (κ1) is 41.0. The average Bonchev–Trinajstić information content (AvgIpc) is 3.10. The molecule has 1 aromatic rings. The molecule has 1 amide bonds. The van der Waals surface area contributed by atoms with Crippen molar-refractivity contribution in [2.24, 2.45) is 29.6 Å². The fourth-order valence-corrected chi connectivity index (χ4v) is 7.09. The summed E-state index contributed by atoms with van der Waals surface area (Å²) in [7, 11) is 0. The second kappa shape index (κ2) is 16.1. The maximum absolute atomic E-state index is 13.9. The van der Waals surface area contributed by atoms with Crippen LogP contribution in [-0.4, -0.2) is 85.5 Å². The number of aromatic hydroxyl groups is 1. The van der Waals surface area contributed by atoms with Crippen LogP contribution >= 0.6 is 0 Å². The number of carboxylic acid groups (broad SMARTS) is 1. The number of carbonyl (C=O) groups is 4. The molecule has 14 heteroatoms. The van der Waals surface area contributed by atoms with Gasteiger partial charge in [0.25, 0.3) is 5.91 Å². The smallest absolute Gasteiger partial charge is 0.311 e. The van der Waals surface area contributed by atoms with Gasteiger partial charge in [-0.1, -0.05) is 52.0 Å². The Morgan fingerprint density at radius 3 is 1.96 bits per heavy atom. The van der Waals surface area contributed by atoms with Crippen LogP contribution in [0, 0.1) is 36.5 Å². The molecule has 1 aliphatic carbocycles. The summed E-state index contributed by atoms with van der Waals surface area (Å²) >= 11 is 0. The molecule has 9 atom stereocenters. The Morgan fingerprint density at radius 2 is 1.40 bits per heavy atom. The Morgan fingerprint density at radius 1 is 0.830 bits per heavy atom. The Bertz CT molecular complexity index is 1850. The van der Waals surface area contributed by atoms with E-state index in [2.05, 4.69) is 5.32 Å². The van der Waals surface area contributed by atoms with E-state index in [1.54, 1.807) is 32.9 Å². The van der Waals surface area contributed by atoms with Crippen LogP contribution in [0.4, 0.5) is 5.69 Å². The first-order chi connectivity index (χ1) is 24.7. The van der Waals surface area contributed by atoms with E-state index < -0.39 is 83.4 Å². The van der Waals surface area contributed by atoms with Crippen molar-refractivity contribution in [3.05, 3.63) is 69.2 Å². The van der Waals surface area contributed by atoms with Crippen molar-refractivity contribution in [3.63, 3.8) is 0 Å². The summed E-state index contributed by atoms with van der Waals surface area (Å²) in [5.74, 6) is -9.46. The van der Waals surface area contributed by atoms with Crippen molar-refractivity contribution in [2.75, 3.05) is 12.1 Å². The highest BCUT2D eigenvalue weighted by molar-refractivity contribution is 6.21. The van der Waals surface area contributed by atoms with Crippen molar-refractivity contribution >= 4 is 34.9 Å². The molecular formula is C39H49NO13. The standard InChI is InChI=1S/C39H49NO13/c1-15-11-10-12-16(2)38(48)40-28-19(5)37(53-23(9)41)24-25(34(28)47)33(46)22(8)36-26(24)35(51-14-52-36)18(4)13-17(3)30(43)21(7)32(45)27(39(49)50)31(44)20(6)29(15)42/h10-13,15,17,20-21,27,29-32,42-45,47H,14H2,1-9H3,(H,40,48)(H,49,50)/b11-10-,16-12+,18-13+/t15-,17-,20-,21-,27-,29+,30-,31-,32-/m1/s1. The lowest BCUT2D eigenvalue weighted by atomic mass is 9.76. The third-order valence-corrected chi connectivity index (χ3v) is 10.4. The number of allylic oxidation sites excluding steroid dienone is 5. The van der Waals surface area contributed by atoms with Crippen molar-refractivity contribution < 1.29 is 64.0 Å². The van der Waals surface area contributed by atoms with Crippen LogP contribution in [0.1, 0.15) is 76.9 Å². The van der Waals surface area contributed by atoms with E-state index in [0.717, 1.165) is 6.92 Å². The molecule has 4 bridgehead atoms. The summed E-state index contributed by atoms with van der Waals surface area (Å²) in [4.78, 5) is 52.3. The number of carbonyl (C=O) groups excluding carboxylic acids is 3. The third kappa shape index (κ3) is 7.81. The molecule has 53 heavy (non-hydrogen) atoms. The molecule has 3 heterocycles. The zero-order valence-electron chi connectivity index (χ0n) is 31.3. The number of phenolic OH excluding ortho intramolecular Hbond substituents is 1. The molecule has 0 saturated heterocycles. The number of anilines is 1. The van der Waals surface area contributed by atoms with E-state index in [-0.39, 0.29) is 63.2 Å². The van der Waals surface area contributed by atoms with E-state index in [1.165, 1.54) is 46.8 Å². The molecule has 0 saturated carbocycles. The number of hydrogen-bond acceptors (Lipinski definition) is 12. The van der Waals surface area contributed by atoms with Crippen molar-refractivity contribution in [1.29, 1.82) is 0 Å². The molecular weight excluding hydrogens is 690 g/mol. The highest BCUT2D eigenvalue weighted by atomic mass is 16.7. The van der Waals surface area contributed by atoms with Crippen LogP contribution in [0.3, 0.4) is 0 Å². The van der Waals surface area contributed by atoms with Gasteiger partial charge >= 0.3 is 11.9 Å². The second-order valence-corrected chi connectivity index (χ2v) is 14.2. The quantitative estimate of drug-likeness (QED) is 0.130. The molecule has 0 aromatic heterocycles. The number of aliphatic hydroxyl groups excluding tert-OH is 4. The molecule has 0 spiro atoms. The number of Topliss-reactive ketones (excluding diaryl/α,β-unsaturated/α-hetero) is 1. The number of hydrogen-bond donors (Lipinski definition) is 7. The molecule has 288 valence electrons. The van der Waals surface area contributed by atoms with Gasteiger partial charge in [0.05, 0.1) is 41.2 Å². The van der Waals surface area contributed by atoms with Crippen molar-refractivity contribution in [3.8, 4) is 11.5 Å². The zero-order chi connectivity index (χ0) is 39.8. The lowest BCUT2D eigenvalue weighted by Crippen LogP contribution is -2.50. The number of nitrogens with one attached hydrogen (secondary N) is 1. The van der Waals surface area contributed by atoms with Gasteiger partial charge in [-0.3, -0.25) is 19.2 Å². The molecule has 0 fully saturated rings. The number of esters is 1. The number of amides is 1. The molecule has 5 rings (SSSR count). The van der Waals surface area contributed by atoms with E-state index in [0.29, 0.717) is 5.57 Å². The molecule has 0 unspecified atom stereocenters. The summed E-state index contributed by atoms with van der Waals surface area (Å²) in [6.07, 6.45) is -0.0487. The van der Waals surface area contributed by atoms with E-state index in [1.807, 2.05) is 0 Å². The number of rotatable bonds is 2. The monoisotopic (exact) mass is 739 g/mol. The van der Waals surface area contributed by atoms with Gasteiger partial charge in [0.2, 0.25) is 6.79 Å². The molecule has 4 aliphatic rings. The molecule has 7 N–H and O–H groups in total. The Kier molecular flexibility index (Phi) is 12.4. The minimum absolute atomic E-state index is 0.0215. The van der Waals surface area contributed by atoms with Gasteiger partial charge in [0.1, 0.15) is 23.2 Å². The molecule has 14 nitrogen and oxygen atoms in total. The van der Waals surface area contributed by atoms with Crippen LogP contribution in [0.2, 0.25) is 0 Å². The summed E-state index contributed by atoms with van der Waals surface area (Å²) in [6.45, 7) is 13.1. The van der Waals surface area contributed by atoms with Crippen LogP contribution in [0.5, 0.6) is 11.5 Å². The normalized spacial score (nSPS) is 32.7. The Labute approximate surface area is 307 Å². The first-order valence-electron chi connectivity index (χ1n) is 17.4. The summed E-state index contributed by atoms with van der Waals surface area (Å²) in [5.41, 5.74) is 0.422. The molecule has 1 aromatic carbocycles. The van der Waals surface area contributed by atoms with Gasteiger partial charge in [0.15, 0.2) is 11.5 Å². The molecule has 0 radical (unpaired) electrons. The number of ketones is 1. The number of benzene rings is 1. The van der Waals surface area contributed by atoms with Gasteiger partial charge < -0.3 is 50.2 Å². The van der Waals surface area contributed by atoms with Gasteiger partial charge in [0, 0.05) is 52.9 Å². The van der Waals surface area contributed by atoms with Crippen LogP contribution < -0.4 is 10.1 Å². The fourth-order valence-electron chi connectivity index (χ4n) is 7.09. The van der Waals surface area contributed by atoms with Crippen LogP contribution in [0.15, 0.2) is 52.5 Å². The predicted octanol–water partition coefficient (Wildman–Crippen LogP) is 3.90. The summed E-state index contributed by atoms with van der Waals surface area (Å²) in [6, 6.07) is 0. The number of aliphatic hydroxyl groups is 4. The predicted molar refractivity (Wildman–Crippen MR) is 192 cm³/mol. The summed E-state index contributed by atoms with van der Waals surface area (Å²) in [5, 5.41) is 69.4. The largest absolute Gasteiger partial charge is 0.505 e. The average molecular weight is 740 g/mol. The van der Waals surface area contributed by atoms with Gasteiger partial charge in [-0.2, -0.15) is 0 Å². The number of aliphatic carboxylic acids is 1. The maximum Gasteiger partial charge on any atom is 0.311 e. The van der Waals surface area contributed by atoms with E-state index in [4.69, 9.17) is 14.2 Å². The van der Waals surface area contributed by atoms with Gasteiger partial charge in [-0.15, -0.1) is 0 Å². The maximum atomic E-state index is 13.9. The lowest BCUT2D eigenvalue weighted by molar-refractivity contribution is -0.161. The van der Waals surface area contributed by atoms with Crippen LogP contribution in [-0.2, 0) is 23.9 Å². The number of ether oxygens (including phenoxy) is 3. The highest BCUT2D eigenvalue weighted by Gasteiger charge is 2.44. The van der Waals surface area contributed by atoms with Crippen LogP contribution in [0.25, 0.3) is 5.57 Å². The topological polar surface area (TPSA) is 229 Å². The fraction of sp³-hybridized carbons (Fsp3) is 0.487. The number of carboxylic acids is 1. The Balaban J connectivity index is 2.03. The highest BCUT2D eigenvalue weighted by Crippen LogP contribution is 2.53. The minimum Gasteiger partial charge on any atom is -0.505 e. The SMILES string of the molecule is CC(=O)Oc1c(C)c2c(O)c3c1C1=C(OCOC1=C(C)C3=O)/C(C)=C/[C@@H](C)[C@@H](O)[C@@H](C)[C@@H](O)[C@H](C(=O)O)[C@H](O)[C@H](C)[C@@H](O)[C@H](C)/C=C\C=C(/C)C(=O)N2. The number of fused-ring (bicyclic) bond motifs is 14. The van der Waals surface area contributed by atoms with Gasteiger partial charge in [-0.05, 0) is 33.3 Å². The van der Waals surface area contributed by atoms with Crippen molar-refractivity contribution in [1.82, 2.24) is 0 Å². The Hall–Kier alpha value is -4.76. The zero-order valence-corrected chi connectivity index (χ0v) is 31.3. The van der Waals surface area contributed by atoms with Gasteiger partial charge in [-0.25, -0.2) is 0 Å². The van der Waals surface area contributed by atoms with Crippen molar-refractivity contribution in [2.45, 2.75) is 86.7 Å². The first-order valence-corrected chi connectivity index (χ1v) is 17.4. The second-order valence-electron chi connectivity index (χ2n) is 14.2.